The number of aliphatic hydroxyl groups excluding tert-OH is 1. The molecule has 14 heavy (non-hydrogen) atoms. The minimum Gasteiger partial charge on any atom is -0.388 e. The monoisotopic (exact) mass is 187 g/mol. The van der Waals surface area contributed by atoms with Gasteiger partial charge in [0.1, 0.15) is 0 Å². The van der Waals surface area contributed by atoms with Gasteiger partial charge in [-0.2, -0.15) is 0 Å². The van der Waals surface area contributed by atoms with Crippen LogP contribution in [0.15, 0.2) is 36.7 Å². The number of rotatable bonds is 2. The molecule has 0 aliphatic rings. The number of benzene rings is 1. The summed E-state index contributed by atoms with van der Waals surface area (Å²) < 4.78 is 0. The van der Waals surface area contributed by atoms with E-state index in [4.69, 9.17) is 0 Å². The molecule has 2 heteroatoms. The van der Waals surface area contributed by atoms with Crippen LogP contribution in [0.5, 0.6) is 0 Å². The number of nitrogens with zero attached hydrogens (tertiary/aromatic N) is 1. The van der Waals surface area contributed by atoms with Crippen LogP contribution < -0.4 is 0 Å². The molecule has 0 bridgehead atoms. The predicted octanol–water partition coefficient (Wildman–Crippen LogP) is 2.68. The van der Waals surface area contributed by atoms with Gasteiger partial charge in [0.15, 0.2) is 0 Å². The summed E-state index contributed by atoms with van der Waals surface area (Å²) in [5.74, 6) is 0. The Morgan fingerprint density at radius 3 is 2.86 bits per heavy atom. The van der Waals surface area contributed by atoms with Gasteiger partial charge in [-0.15, -0.1) is 0 Å². The highest BCUT2D eigenvalue weighted by molar-refractivity contribution is 5.84. The van der Waals surface area contributed by atoms with E-state index >= 15 is 0 Å². The molecular weight excluding hydrogens is 174 g/mol. The minimum absolute atomic E-state index is 0.409. The molecular formula is C12H13NO. The summed E-state index contributed by atoms with van der Waals surface area (Å²) >= 11 is 0. The molecule has 0 radical (unpaired) electrons. The first-order valence-electron chi connectivity index (χ1n) is 4.83. The van der Waals surface area contributed by atoms with Crippen molar-refractivity contribution in [1.29, 1.82) is 0 Å². The molecule has 1 aromatic carbocycles. The van der Waals surface area contributed by atoms with Crippen molar-refractivity contribution in [3.63, 3.8) is 0 Å². The Hall–Kier alpha value is -1.41. The summed E-state index contributed by atoms with van der Waals surface area (Å²) in [5.41, 5.74) is 0.922. The first kappa shape index (κ1) is 9.16. The number of fused-ring (bicyclic) bond motifs is 1. The molecule has 1 atom stereocenters. The third-order valence-corrected chi connectivity index (χ3v) is 2.44. The van der Waals surface area contributed by atoms with Crippen molar-refractivity contribution in [1.82, 2.24) is 4.98 Å². The lowest BCUT2D eigenvalue weighted by Gasteiger charge is -2.10. The first-order chi connectivity index (χ1) is 6.83. The van der Waals surface area contributed by atoms with Gasteiger partial charge in [0.2, 0.25) is 0 Å². The van der Waals surface area contributed by atoms with Crippen LogP contribution in [0.25, 0.3) is 10.8 Å². The molecule has 2 rings (SSSR count). The SMILES string of the molecule is CCC(O)c1cncc2ccccc12. The third-order valence-electron chi connectivity index (χ3n) is 2.44. The largest absolute Gasteiger partial charge is 0.388 e. The second-order valence-corrected chi connectivity index (χ2v) is 3.37. The van der Waals surface area contributed by atoms with Crippen molar-refractivity contribution >= 4 is 10.8 Å². The lowest BCUT2D eigenvalue weighted by molar-refractivity contribution is 0.175. The van der Waals surface area contributed by atoms with Gasteiger partial charge >= 0.3 is 0 Å². The van der Waals surface area contributed by atoms with Crippen molar-refractivity contribution in [2.75, 3.05) is 0 Å². The van der Waals surface area contributed by atoms with E-state index in [9.17, 15) is 5.11 Å². The summed E-state index contributed by atoms with van der Waals surface area (Å²) in [6.07, 6.45) is 3.88. The van der Waals surface area contributed by atoms with E-state index in [1.54, 1.807) is 6.20 Å². The minimum atomic E-state index is -0.409. The van der Waals surface area contributed by atoms with Crippen molar-refractivity contribution < 1.29 is 5.11 Å². The third kappa shape index (κ3) is 1.49. The standard InChI is InChI=1S/C12H13NO/c1-2-12(14)11-8-13-7-9-5-3-4-6-10(9)11/h3-8,12,14H,2H2,1H3. The van der Waals surface area contributed by atoms with E-state index in [-0.39, 0.29) is 0 Å². The Morgan fingerprint density at radius 1 is 1.29 bits per heavy atom. The Morgan fingerprint density at radius 2 is 2.07 bits per heavy atom. The smallest absolute Gasteiger partial charge is 0.0808 e. The van der Waals surface area contributed by atoms with Gasteiger partial charge in [-0.25, -0.2) is 0 Å². The number of aromatic nitrogens is 1. The van der Waals surface area contributed by atoms with Gasteiger partial charge in [-0.1, -0.05) is 31.2 Å². The van der Waals surface area contributed by atoms with E-state index in [0.29, 0.717) is 0 Å². The summed E-state index contributed by atoms with van der Waals surface area (Å²) in [4.78, 5) is 4.12. The molecule has 0 spiro atoms. The van der Waals surface area contributed by atoms with Crippen molar-refractivity contribution in [3.8, 4) is 0 Å². The Kier molecular flexibility index (Phi) is 2.46. The quantitative estimate of drug-likeness (QED) is 0.784. The fourth-order valence-electron chi connectivity index (χ4n) is 1.63. The van der Waals surface area contributed by atoms with Crippen LogP contribution in [0.4, 0.5) is 0 Å². The maximum Gasteiger partial charge on any atom is 0.0808 e. The van der Waals surface area contributed by atoms with Crippen LogP contribution >= 0.6 is 0 Å². The van der Waals surface area contributed by atoms with Gasteiger partial charge in [0.25, 0.3) is 0 Å². The number of hydrogen-bond donors (Lipinski definition) is 1. The number of pyridine rings is 1. The van der Waals surface area contributed by atoms with Crippen molar-refractivity contribution in [3.05, 3.63) is 42.2 Å². The highest BCUT2D eigenvalue weighted by Crippen LogP contribution is 2.24. The summed E-state index contributed by atoms with van der Waals surface area (Å²) in [7, 11) is 0. The van der Waals surface area contributed by atoms with Crippen LogP contribution in [0, 0.1) is 0 Å². The summed E-state index contributed by atoms with van der Waals surface area (Å²) in [6, 6.07) is 7.99. The van der Waals surface area contributed by atoms with Gasteiger partial charge < -0.3 is 5.11 Å². The van der Waals surface area contributed by atoms with Gasteiger partial charge in [0, 0.05) is 23.3 Å². The summed E-state index contributed by atoms with van der Waals surface area (Å²) in [5, 5.41) is 12.0. The first-order valence-corrected chi connectivity index (χ1v) is 4.83. The molecule has 72 valence electrons. The molecule has 0 amide bonds. The van der Waals surface area contributed by atoms with Gasteiger partial charge in [0.05, 0.1) is 6.10 Å². The lowest BCUT2D eigenvalue weighted by atomic mass is 10.0. The molecule has 2 nitrogen and oxygen atoms in total. The normalized spacial score (nSPS) is 13.0. The highest BCUT2D eigenvalue weighted by atomic mass is 16.3. The molecule has 0 aliphatic carbocycles. The fraction of sp³-hybridized carbons (Fsp3) is 0.250. The molecule has 0 saturated carbocycles. The van der Waals surface area contributed by atoms with E-state index < -0.39 is 6.10 Å². The van der Waals surface area contributed by atoms with Crippen LogP contribution in [0.2, 0.25) is 0 Å². The molecule has 0 fully saturated rings. The second-order valence-electron chi connectivity index (χ2n) is 3.37. The molecule has 1 N–H and O–H groups in total. The van der Waals surface area contributed by atoms with Gasteiger partial charge in [-0.05, 0) is 11.8 Å². The van der Waals surface area contributed by atoms with Crippen molar-refractivity contribution in [2.24, 2.45) is 0 Å². The van der Waals surface area contributed by atoms with Crippen LogP contribution in [-0.2, 0) is 0 Å². The molecule has 1 heterocycles. The predicted molar refractivity (Wildman–Crippen MR) is 57.0 cm³/mol. The molecule has 1 aromatic heterocycles. The number of aliphatic hydroxyl groups is 1. The van der Waals surface area contributed by atoms with E-state index in [1.165, 1.54) is 0 Å². The zero-order chi connectivity index (χ0) is 9.97. The molecule has 1 unspecified atom stereocenters. The average Bonchev–Trinajstić information content (AvgIpc) is 2.27. The average molecular weight is 187 g/mol. The molecule has 0 aliphatic heterocycles. The maximum atomic E-state index is 9.79. The highest BCUT2D eigenvalue weighted by Gasteiger charge is 2.08. The van der Waals surface area contributed by atoms with E-state index in [2.05, 4.69) is 4.98 Å². The number of hydrogen-bond acceptors (Lipinski definition) is 2. The zero-order valence-electron chi connectivity index (χ0n) is 8.14. The Labute approximate surface area is 83.2 Å². The fourth-order valence-corrected chi connectivity index (χ4v) is 1.63. The topological polar surface area (TPSA) is 33.1 Å². The van der Waals surface area contributed by atoms with Crippen molar-refractivity contribution in [2.45, 2.75) is 19.4 Å². The van der Waals surface area contributed by atoms with Crippen LogP contribution in [0.1, 0.15) is 25.0 Å². The Bertz CT molecular complexity index is 434. The molecule has 2 aromatic rings. The van der Waals surface area contributed by atoms with Gasteiger partial charge in [-0.3, -0.25) is 4.98 Å². The Balaban J connectivity index is 2.65. The van der Waals surface area contributed by atoms with E-state index in [0.717, 1.165) is 22.8 Å². The second kappa shape index (κ2) is 3.76. The zero-order valence-corrected chi connectivity index (χ0v) is 8.14. The lowest BCUT2D eigenvalue weighted by Crippen LogP contribution is -1.97. The van der Waals surface area contributed by atoms with Crippen LogP contribution in [-0.4, -0.2) is 10.1 Å². The van der Waals surface area contributed by atoms with E-state index in [1.807, 2.05) is 37.4 Å². The molecule has 0 saturated heterocycles. The summed E-state index contributed by atoms with van der Waals surface area (Å²) in [6.45, 7) is 1.96. The maximum absolute atomic E-state index is 9.79. The van der Waals surface area contributed by atoms with Crippen LogP contribution in [0.3, 0.4) is 0 Å².